The molecule has 0 atom stereocenters. The molecule has 166 valence electrons. The van der Waals surface area contributed by atoms with Crippen LogP contribution in [0.4, 0.5) is 0 Å². The lowest BCUT2D eigenvalue weighted by atomic mass is 10.1. The molecule has 0 spiro atoms. The molecule has 0 aliphatic heterocycles. The predicted octanol–water partition coefficient (Wildman–Crippen LogP) is 7.20. The van der Waals surface area contributed by atoms with E-state index < -0.39 is 0 Å². The van der Waals surface area contributed by atoms with E-state index in [1.54, 1.807) is 6.08 Å². The van der Waals surface area contributed by atoms with Crippen LogP contribution in [0, 0.1) is 0 Å². The second-order valence-electron chi connectivity index (χ2n) is 7.74. The average Bonchev–Trinajstić information content (AvgIpc) is 2.69. The first-order valence-corrected chi connectivity index (χ1v) is 11.9. The third-order valence-electron chi connectivity index (χ3n) is 4.85. The number of unbranched alkanes of at least 4 members (excludes halogenated alkanes) is 15. The molecule has 0 fully saturated rings. The minimum absolute atomic E-state index is 0.156. The summed E-state index contributed by atoms with van der Waals surface area (Å²) in [5.74, 6) is -0.156. The molecule has 0 saturated carbocycles. The minimum atomic E-state index is -0.156. The fraction of sp³-hybridized carbons (Fsp3) is 0.800. The number of primary amides is 1. The summed E-state index contributed by atoms with van der Waals surface area (Å²) in [4.78, 5) is 10.6. The maximum absolute atomic E-state index is 10.6. The molecule has 3 nitrogen and oxygen atoms in total. The van der Waals surface area contributed by atoms with E-state index in [9.17, 15) is 4.79 Å². The number of amides is 1. The van der Waals surface area contributed by atoms with Gasteiger partial charge in [0.15, 0.2) is 0 Å². The maximum atomic E-state index is 10.6. The molecular formula is C25H50N2O. The summed E-state index contributed by atoms with van der Waals surface area (Å²) in [7, 11) is 0. The highest BCUT2D eigenvalue weighted by molar-refractivity contribution is 5.73. The monoisotopic (exact) mass is 394 g/mol. The topological polar surface area (TPSA) is 69.1 Å². The van der Waals surface area contributed by atoms with Crippen molar-refractivity contribution in [1.82, 2.24) is 0 Å². The van der Waals surface area contributed by atoms with Crippen LogP contribution in [0.15, 0.2) is 24.8 Å². The summed E-state index contributed by atoms with van der Waals surface area (Å²) in [6, 6.07) is 0. The van der Waals surface area contributed by atoms with E-state index >= 15 is 0 Å². The zero-order valence-electron chi connectivity index (χ0n) is 18.9. The van der Waals surface area contributed by atoms with Gasteiger partial charge in [0.1, 0.15) is 0 Å². The van der Waals surface area contributed by atoms with Gasteiger partial charge < -0.3 is 11.5 Å². The summed E-state index contributed by atoms with van der Waals surface area (Å²) >= 11 is 0. The van der Waals surface area contributed by atoms with Crippen LogP contribution >= 0.6 is 0 Å². The lowest BCUT2D eigenvalue weighted by Gasteiger charge is -2.01. The van der Waals surface area contributed by atoms with Gasteiger partial charge in [-0.2, -0.15) is 0 Å². The van der Waals surface area contributed by atoms with Crippen molar-refractivity contribution < 1.29 is 4.79 Å². The van der Waals surface area contributed by atoms with Crippen LogP contribution in [0.1, 0.15) is 122 Å². The van der Waals surface area contributed by atoms with Gasteiger partial charge in [0.05, 0.1) is 0 Å². The Labute approximate surface area is 176 Å². The molecule has 4 N–H and O–H groups in total. The lowest BCUT2D eigenvalue weighted by Crippen LogP contribution is -2.09. The third kappa shape index (κ3) is 32.6. The van der Waals surface area contributed by atoms with Crippen molar-refractivity contribution in [1.29, 1.82) is 0 Å². The lowest BCUT2D eigenvalue weighted by molar-refractivity contribution is -0.118. The highest BCUT2D eigenvalue weighted by Gasteiger charge is 1.95. The van der Waals surface area contributed by atoms with E-state index in [0.29, 0.717) is 13.0 Å². The quantitative estimate of drug-likeness (QED) is 0.169. The smallest absolute Gasteiger partial charge is 0.217 e. The van der Waals surface area contributed by atoms with Gasteiger partial charge in [-0.1, -0.05) is 102 Å². The van der Waals surface area contributed by atoms with Gasteiger partial charge in [0, 0.05) is 13.0 Å². The van der Waals surface area contributed by atoms with Gasteiger partial charge in [0.2, 0.25) is 5.91 Å². The van der Waals surface area contributed by atoms with Gasteiger partial charge in [-0.05, 0) is 32.1 Å². The molecule has 28 heavy (non-hydrogen) atoms. The van der Waals surface area contributed by atoms with E-state index in [1.165, 1.54) is 96.3 Å². The number of carbonyl (C=O) groups is 1. The fourth-order valence-corrected chi connectivity index (χ4v) is 3.08. The largest absolute Gasteiger partial charge is 0.370 e. The molecular weight excluding hydrogens is 344 g/mol. The summed E-state index contributed by atoms with van der Waals surface area (Å²) in [5.41, 5.74) is 10.0. The van der Waals surface area contributed by atoms with Crippen LogP contribution < -0.4 is 11.5 Å². The second-order valence-corrected chi connectivity index (χ2v) is 7.74. The Hall–Kier alpha value is -1.09. The van der Waals surface area contributed by atoms with Crippen molar-refractivity contribution in [2.45, 2.75) is 122 Å². The van der Waals surface area contributed by atoms with E-state index in [-0.39, 0.29) is 5.91 Å². The molecule has 0 heterocycles. The van der Waals surface area contributed by atoms with Gasteiger partial charge in [-0.15, -0.1) is 6.58 Å². The molecule has 0 rings (SSSR count). The first kappa shape index (κ1) is 29.1. The first-order chi connectivity index (χ1) is 13.7. The van der Waals surface area contributed by atoms with Crippen molar-refractivity contribution in [2.75, 3.05) is 6.54 Å². The summed E-state index contributed by atoms with van der Waals surface area (Å²) < 4.78 is 0. The zero-order chi connectivity index (χ0) is 21.1. The van der Waals surface area contributed by atoms with E-state index in [4.69, 9.17) is 11.5 Å². The molecule has 0 radical (unpaired) electrons. The zero-order valence-corrected chi connectivity index (χ0v) is 18.9. The molecule has 0 bridgehead atoms. The van der Waals surface area contributed by atoms with Gasteiger partial charge in [-0.25, -0.2) is 0 Å². The molecule has 0 aromatic carbocycles. The fourth-order valence-electron chi connectivity index (χ4n) is 3.08. The molecule has 0 aromatic heterocycles. The van der Waals surface area contributed by atoms with Crippen molar-refractivity contribution in [3.05, 3.63) is 24.8 Å². The van der Waals surface area contributed by atoms with Crippen molar-refractivity contribution in [3.8, 4) is 0 Å². The average molecular weight is 395 g/mol. The number of rotatable bonds is 20. The Morgan fingerprint density at radius 1 is 0.714 bits per heavy atom. The summed E-state index contributed by atoms with van der Waals surface area (Å²) in [6.07, 6.45) is 29.5. The van der Waals surface area contributed by atoms with Crippen molar-refractivity contribution in [2.24, 2.45) is 11.5 Å². The Kier molecular flexibility index (Phi) is 29.2. The first-order valence-electron chi connectivity index (χ1n) is 11.9. The second kappa shape index (κ2) is 28.1. The summed E-state index contributed by atoms with van der Waals surface area (Å²) in [6.45, 7) is 6.21. The Bertz CT molecular complexity index is 339. The van der Waals surface area contributed by atoms with E-state index in [2.05, 4.69) is 25.7 Å². The van der Waals surface area contributed by atoms with Crippen LogP contribution in [-0.2, 0) is 4.79 Å². The Morgan fingerprint density at radius 3 is 1.43 bits per heavy atom. The van der Waals surface area contributed by atoms with E-state index in [0.717, 1.165) is 12.8 Å². The minimum Gasteiger partial charge on any atom is -0.370 e. The van der Waals surface area contributed by atoms with E-state index in [1.807, 2.05) is 0 Å². The van der Waals surface area contributed by atoms with Crippen LogP contribution in [0.25, 0.3) is 0 Å². The van der Waals surface area contributed by atoms with Gasteiger partial charge >= 0.3 is 0 Å². The highest BCUT2D eigenvalue weighted by atomic mass is 16.1. The highest BCUT2D eigenvalue weighted by Crippen LogP contribution is 2.12. The number of hydrogen-bond acceptors (Lipinski definition) is 2. The molecule has 0 saturated heterocycles. The number of allylic oxidation sites excluding steroid dienone is 2. The molecule has 1 amide bonds. The van der Waals surface area contributed by atoms with Crippen LogP contribution in [-0.4, -0.2) is 12.5 Å². The number of nitrogens with two attached hydrogens (primary N) is 2. The van der Waals surface area contributed by atoms with Crippen LogP contribution in [0.5, 0.6) is 0 Å². The number of carbonyl (C=O) groups excluding carboxylic acids is 1. The summed E-state index contributed by atoms with van der Waals surface area (Å²) in [5, 5.41) is 0. The third-order valence-corrected chi connectivity index (χ3v) is 4.85. The molecule has 0 aliphatic rings. The normalized spacial score (nSPS) is 10.6. The van der Waals surface area contributed by atoms with Gasteiger partial charge in [-0.3, -0.25) is 4.79 Å². The van der Waals surface area contributed by atoms with Crippen molar-refractivity contribution in [3.63, 3.8) is 0 Å². The van der Waals surface area contributed by atoms with Crippen molar-refractivity contribution >= 4 is 5.91 Å². The molecule has 0 aliphatic carbocycles. The predicted molar refractivity (Wildman–Crippen MR) is 126 cm³/mol. The molecule has 0 unspecified atom stereocenters. The molecule has 3 heteroatoms. The van der Waals surface area contributed by atoms with Gasteiger partial charge in [0.25, 0.3) is 0 Å². The van der Waals surface area contributed by atoms with Crippen LogP contribution in [0.2, 0.25) is 0 Å². The number of hydrogen-bond donors (Lipinski definition) is 2. The SMILES string of the molecule is C=CCN.CCCCCCCCC=CCCCCCCCCCCCC(N)=O. The maximum Gasteiger partial charge on any atom is 0.217 e. The standard InChI is InChI=1S/C22H43NO.C3H7N/c1-2-3-4-5-6-7-8-9-10-11-12-13-14-15-16-17-18-19-20-21-22(23)24;1-2-3-4/h9-10H,2-8,11-21H2,1H3,(H2,23,24);2H,1,3-4H2. The van der Waals surface area contributed by atoms with Crippen LogP contribution in [0.3, 0.4) is 0 Å². The molecule has 0 aromatic rings. The Morgan fingerprint density at radius 2 is 1.07 bits per heavy atom. The Balaban J connectivity index is 0.